The van der Waals surface area contributed by atoms with Gasteiger partial charge in [-0.25, -0.2) is 4.79 Å². The van der Waals surface area contributed by atoms with Gasteiger partial charge >= 0.3 is 5.97 Å². The van der Waals surface area contributed by atoms with Crippen molar-refractivity contribution >= 4 is 11.9 Å². The van der Waals surface area contributed by atoms with Crippen LogP contribution >= 0.6 is 0 Å². The Hall–Kier alpha value is -1.91. The van der Waals surface area contributed by atoms with Crippen molar-refractivity contribution in [1.29, 1.82) is 1.43 Å². The minimum atomic E-state index is -2.58. The number of pyridine rings is 1. The number of carbonyl (C=O) groups is 2. The molecule has 1 heterocycles. The first-order valence-corrected chi connectivity index (χ1v) is 4.69. The molecule has 5 nitrogen and oxygen atoms in total. The van der Waals surface area contributed by atoms with Crippen molar-refractivity contribution in [3.05, 3.63) is 30.1 Å². The van der Waals surface area contributed by atoms with Crippen LogP contribution in [-0.4, -0.2) is 17.0 Å². The highest BCUT2D eigenvalue weighted by Gasteiger charge is 2.19. The number of nitrogens with zero attached hydrogens (tertiary/aromatic N) is 1. The van der Waals surface area contributed by atoms with Gasteiger partial charge in [0.15, 0.2) is 11.9 Å². The predicted molar refractivity (Wildman–Crippen MR) is 52.3 cm³/mol. The topological polar surface area (TPSA) is 81.3 Å². The van der Waals surface area contributed by atoms with Crippen molar-refractivity contribution in [2.45, 2.75) is 25.8 Å². The summed E-state index contributed by atoms with van der Waals surface area (Å²) in [4.78, 5) is 21.9. The van der Waals surface area contributed by atoms with Crippen molar-refractivity contribution in [2.24, 2.45) is 0 Å². The molecule has 1 aromatic rings. The number of carboxylic acid groups (broad SMARTS) is 2. The molecule has 0 bridgehead atoms. The van der Waals surface area contributed by atoms with Crippen LogP contribution in [0.5, 0.6) is 0 Å². The molecule has 1 unspecified atom stereocenters. The van der Waals surface area contributed by atoms with Gasteiger partial charge in [0.05, 0.1) is 0 Å². The number of aromatic nitrogens is 1. The largest absolute Gasteiger partial charge is 0.550 e. The van der Waals surface area contributed by atoms with Crippen molar-refractivity contribution < 1.29 is 27.1 Å². The minimum absolute atomic E-state index is 0.294. The van der Waals surface area contributed by atoms with Crippen LogP contribution < -0.4 is 9.67 Å². The average Bonchev–Trinajstić information content (AvgIpc) is 2.36. The molecule has 0 amide bonds. The van der Waals surface area contributed by atoms with Crippen LogP contribution in [0.2, 0.25) is 0 Å². The van der Waals surface area contributed by atoms with Crippen LogP contribution in [0.4, 0.5) is 0 Å². The molecule has 0 aliphatic heterocycles. The number of carbonyl (C=O) groups excluding carboxylic acids is 1. The van der Waals surface area contributed by atoms with Crippen molar-refractivity contribution in [3.8, 4) is 0 Å². The molecule has 0 saturated carbocycles. The molecule has 86 valence electrons. The summed E-state index contributed by atoms with van der Waals surface area (Å²) in [6.45, 7) is -1.01. The third kappa shape index (κ3) is 3.34. The van der Waals surface area contributed by atoms with Gasteiger partial charge in [-0.15, -0.1) is 0 Å². The van der Waals surface area contributed by atoms with Gasteiger partial charge in [-0.1, -0.05) is 13.0 Å². The van der Waals surface area contributed by atoms with Gasteiger partial charge in [0.25, 0.3) is 1.43 Å². The highest BCUT2D eigenvalue weighted by Crippen LogP contribution is 2.13. The van der Waals surface area contributed by atoms with E-state index < -0.39 is 24.4 Å². The SMILES string of the molecule is [2H]OC(=O)C([2H])([2H])[n+]1ccccc1C(C)CC(=O)[O-]. The Balaban J connectivity index is 3.22. The maximum absolute atomic E-state index is 11.3. The second-order valence-electron chi connectivity index (χ2n) is 3.37. The summed E-state index contributed by atoms with van der Waals surface area (Å²) in [7, 11) is 0. The molecule has 0 aliphatic carbocycles. The van der Waals surface area contributed by atoms with Gasteiger partial charge in [0, 0.05) is 24.0 Å². The van der Waals surface area contributed by atoms with E-state index in [1.807, 2.05) is 0 Å². The number of rotatable bonds is 5. The Morgan fingerprint density at radius 2 is 2.44 bits per heavy atom. The third-order valence-electron chi connectivity index (χ3n) is 2.08. The molecule has 0 spiro atoms. The molecule has 16 heavy (non-hydrogen) atoms. The van der Waals surface area contributed by atoms with E-state index in [0.717, 1.165) is 4.57 Å². The summed E-state index contributed by atoms with van der Waals surface area (Å²) in [5, 5.41) is 14.3. The molecule has 0 saturated heterocycles. The predicted octanol–water partition coefficient (Wildman–Crippen LogP) is -0.698. The lowest BCUT2D eigenvalue weighted by molar-refractivity contribution is -0.694. The fourth-order valence-corrected chi connectivity index (χ4v) is 1.41. The molecule has 1 N–H and O–H groups in total. The Bertz CT molecular complexity index is 493. The second kappa shape index (κ2) is 5.25. The monoisotopic (exact) mass is 226 g/mol. The Labute approximate surface area is 97.3 Å². The first-order valence-electron chi connectivity index (χ1n) is 6.10. The summed E-state index contributed by atoms with van der Waals surface area (Å²) in [5.41, 5.74) is 0.294. The van der Waals surface area contributed by atoms with Crippen molar-refractivity contribution in [1.82, 2.24) is 0 Å². The Morgan fingerprint density at radius 1 is 1.69 bits per heavy atom. The van der Waals surface area contributed by atoms with E-state index >= 15 is 0 Å². The number of carboxylic acids is 2. The molecule has 0 fully saturated rings. The van der Waals surface area contributed by atoms with E-state index in [-0.39, 0.29) is 6.42 Å². The van der Waals surface area contributed by atoms with Gasteiger partial charge in [-0.3, -0.25) is 0 Å². The van der Waals surface area contributed by atoms with Crippen LogP contribution in [-0.2, 0) is 16.1 Å². The van der Waals surface area contributed by atoms with Crippen LogP contribution in [0.1, 0.15) is 27.7 Å². The molecule has 5 heteroatoms. The lowest BCUT2D eigenvalue weighted by Gasteiger charge is -2.10. The standard InChI is InChI=1S/C11H13NO4/c1-8(6-10(13)14)9-4-2-3-5-12(9)7-11(15)16/h2-5,8H,6-7H2,1H3,(H-,13,14,15,16)/i7D2/hD. The summed E-state index contributed by atoms with van der Waals surface area (Å²) in [5.74, 6) is -3.21. The van der Waals surface area contributed by atoms with Gasteiger partial charge in [-0.2, -0.15) is 4.57 Å². The first kappa shape index (κ1) is 8.27. The van der Waals surface area contributed by atoms with E-state index in [1.165, 1.54) is 18.3 Å². The molecular weight excluding hydrogens is 210 g/mol. The van der Waals surface area contributed by atoms with Crippen LogP contribution in [0.15, 0.2) is 24.4 Å². The lowest BCUT2D eigenvalue weighted by atomic mass is 10.0. The van der Waals surface area contributed by atoms with Gasteiger partial charge in [0.1, 0.15) is 2.74 Å². The van der Waals surface area contributed by atoms with Gasteiger partial charge < -0.3 is 15.0 Å². The summed E-state index contributed by atoms with van der Waals surface area (Å²) < 4.78 is 22.8. The fourth-order valence-electron chi connectivity index (χ4n) is 1.41. The van der Waals surface area contributed by atoms with E-state index in [2.05, 4.69) is 5.11 Å². The fraction of sp³-hybridized carbons (Fsp3) is 0.364. The van der Waals surface area contributed by atoms with E-state index in [0.29, 0.717) is 5.69 Å². The smallest absolute Gasteiger partial charge is 0.370 e. The van der Waals surface area contributed by atoms with Crippen molar-refractivity contribution in [2.75, 3.05) is 0 Å². The van der Waals surface area contributed by atoms with Crippen LogP contribution in [0, 0.1) is 0 Å². The Morgan fingerprint density at radius 3 is 3.06 bits per heavy atom. The number of hydrogen-bond donors (Lipinski definition) is 1. The highest BCUT2D eigenvalue weighted by molar-refractivity contribution is 5.65. The second-order valence-corrected chi connectivity index (χ2v) is 3.37. The van der Waals surface area contributed by atoms with Gasteiger partial charge in [-0.05, 0) is 6.42 Å². The van der Waals surface area contributed by atoms with E-state index in [4.69, 9.17) is 4.17 Å². The molecule has 1 rings (SSSR count). The number of hydrogen-bond acceptors (Lipinski definition) is 4. The summed E-state index contributed by atoms with van der Waals surface area (Å²) in [6, 6.07) is 4.59. The Kier molecular flexibility index (Phi) is 2.71. The summed E-state index contributed by atoms with van der Waals surface area (Å²) in [6.07, 6.45) is 0.980. The third-order valence-corrected chi connectivity index (χ3v) is 2.08. The maximum Gasteiger partial charge on any atom is 0.370 e. The average molecular weight is 226 g/mol. The number of aliphatic carboxylic acids is 2. The molecule has 1 aromatic heterocycles. The molecular formula is C11H13NO4. The van der Waals surface area contributed by atoms with Gasteiger partial charge in [0.2, 0.25) is 6.50 Å². The zero-order chi connectivity index (χ0) is 14.6. The molecule has 1 atom stereocenters. The normalized spacial score (nSPS) is 15.4. The molecule has 0 aromatic carbocycles. The molecule has 0 radical (unpaired) electrons. The maximum atomic E-state index is 11.3. The zero-order valence-electron chi connectivity index (χ0n) is 11.7. The quantitative estimate of drug-likeness (QED) is 0.673. The summed E-state index contributed by atoms with van der Waals surface area (Å²) >= 11 is 0. The minimum Gasteiger partial charge on any atom is -0.550 e. The van der Waals surface area contributed by atoms with E-state index in [9.17, 15) is 14.7 Å². The highest BCUT2D eigenvalue weighted by atomic mass is 16.4. The van der Waals surface area contributed by atoms with Crippen LogP contribution in [0.3, 0.4) is 0 Å². The van der Waals surface area contributed by atoms with Crippen molar-refractivity contribution in [3.63, 3.8) is 0 Å². The van der Waals surface area contributed by atoms with Crippen LogP contribution in [0.25, 0.3) is 1.43 Å². The molecule has 0 aliphatic rings. The van der Waals surface area contributed by atoms with E-state index in [1.54, 1.807) is 13.0 Å². The first-order chi connectivity index (χ1) is 8.80. The zero-order valence-corrected chi connectivity index (χ0v) is 8.67. The lowest BCUT2D eigenvalue weighted by Crippen LogP contribution is -2.42.